The van der Waals surface area contributed by atoms with Gasteiger partial charge in [-0.3, -0.25) is 4.18 Å². The van der Waals surface area contributed by atoms with Crippen molar-refractivity contribution < 1.29 is 17.7 Å². The first kappa shape index (κ1) is 19.2. The van der Waals surface area contributed by atoms with Gasteiger partial charge in [0.1, 0.15) is 26.9 Å². The van der Waals surface area contributed by atoms with Crippen molar-refractivity contribution in [3.8, 4) is 16.3 Å². The Bertz CT molecular complexity index is 1310. The first-order valence-electron chi connectivity index (χ1n) is 8.48. The maximum Gasteiger partial charge on any atom is 0.298 e. The Morgan fingerprint density at radius 2 is 1.72 bits per heavy atom. The molecule has 1 aromatic heterocycles. The summed E-state index contributed by atoms with van der Waals surface area (Å²) < 4.78 is 29.6. The SMILES string of the molecule is COS(=O)(=O)c1cccc2sc(-c3ccc(/N=N/c4ccccc4O)cc3)nc12. The third kappa shape index (κ3) is 3.88. The molecular formula is C20H15N3O4S2. The van der Waals surface area contributed by atoms with E-state index in [-0.39, 0.29) is 10.6 Å². The molecular weight excluding hydrogens is 410 g/mol. The van der Waals surface area contributed by atoms with Crippen LogP contribution >= 0.6 is 11.3 Å². The van der Waals surface area contributed by atoms with Crippen LogP contribution in [0.25, 0.3) is 20.8 Å². The summed E-state index contributed by atoms with van der Waals surface area (Å²) in [6, 6.07) is 18.9. The van der Waals surface area contributed by atoms with Crippen molar-refractivity contribution in [2.24, 2.45) is 10.2 Å². The molecule has 29 heavy (non-hydrogen) atoms. The smallest absolute Gasteiger partial charge is 0.298 e. The van der Waals surface area contributed by atoms with Crippen LogP contribution in [0.1, 0.15) is 0 Å². The normalized spacial score (nSPS) is 12.0. The summed E-state index contributed by atoms with van der Waals surface area (Å²) in [5.74, 6) is 0.0594. The van der Waals surface area contributed by atoms with Crippen LogP contribution in [0.4, 0.5) is 11.4 Å². The largest absolute Gasteiger partial charge is 0.506 e. The van der Waals surface area contributed by atoms with Crippen LogP contribution in [0.2, 0.25) is 0 Å². The Kier molecular flexibility index (Phi) is 5.10. The second-order valence-electron chi connectivity index (χ2n) is 5.98. The lowest BCUT2D eigenvalue weighted by Crippen LogP contribution is -2.03. The summed E-state index contributed by atoms with van der Waals surface area (Å²) in [7, 11) is -2.71. The minimum Gasteiger partial charge on any atom is -0.506 e. The van der Waals surface area contributed by atoms with Crippen LogP contribution < -0.4 is 0 Å². The van der Waals surface area contributed by atoms with Crippen molar-refractivity contribution in [3.63, 3.8) is 0 Å². The van der Waals surface area contributed by atoms with Gasteiger partial charge in [-0.15, -0.1) is 16.5 Å². The molecule has 0 aliphatic rings. The van der Waals surface area contributed by atoms with Gasteiger partial charge >= 0.3 is 0 Å². The molecule has 0 saturated heterocycles. The molecule has 0 aliphatic carbocycles. The molecule has 0 amide bonds. The number of benzene rings is 3. The maximum atomic E-state index is 12.1. The van der Waals surface area contributed by atoms with Gasteiger partial charge < -0.3 is 5.11 Å². The molecule has 0 unspecified atom stereocenters. The topological polar surface area (TPSA) is 101 Å². The van der Waals surface area contributed by atoms with Gasteiger partial charge in [0.2, 0.25) is 0 Å². The molecule has 4 rings (SSSR count). The highest BCUT2D eigenvalue weighted by Gasteiger charge is 2.20. The van der Waals surface area contributed by atoms with E-state index >= 15 is 0 Å². The molecule has 0 bridgehead atoms. The summed E-state index contributed by atoms with van der Waals surface area (Å²) in [6.07, 6.45) is 0. The highest BCUT2D eigenvalue weighted by atomic mass is 32.2. The molecule has 7 nitrogen and oxygen atoms in total. The second kappa shape index (κ2) is 7.70. The van der Waals surface area contributed by atoms with Crippen LogP contribution in [0, 0.1) is 0 Å². The van der Waals surface area contributed by atoms with Crippen LogP contribution in [-0.2, 0) is 14.3 Å². The zero-order valence-electron chi connectivity index (χ0n) is 15.2. The van der Waals surface area contributed by atoms with E-state index in [1.54, 1.807) is 42.5 Å². The zero-order valence-corrected chi connectivity index (χ0v) is 16.8. The lowest BCUT2D eigenvalue weighted by Gasteiger charge is -2.01. The fourth-order valence-electron chi connectivity index (χ4n) is 2.67. The van der Waals surface area contributed by atoms with Crippen molar-refractivity contribution >= 4 is 43.0 Å². The van der Waals surface area contributed by atoms with Crippen molar-refractivity contribution in [2.75, 3.05) is 7.11 Å². The Labute approximate surface area is 171 Å². The number of aromatic nitrogens is 1. The molecule has 3 aromatic carbocycles. The van der Waals surface area contributed by atoms with Crippen LogP contribution in [0.3, 0.4) is 0 Å². The van der Waals surface area contributed by atoms with Crippen LogP contribution in [-0.4, -0.2) is 25.6 Å². The number of azo groups is 1. The van der Waals surface area contributed by atoms with Crippen molar-refractivity contribution in [1.82, 2.24) is 4.98 Å². The first-order chi connectivity index (χ1) is 14.0. The van der Waals surface area contributed by atoms with Gasteiger partial charge in [-0.05, 0) is 48.5 Å². The lowest BCUT2D eigenvalue weighted by atomic mass is 10.2. The number of hydrogen-bond acceptors (Lipinski definition) is 8. The molecule has 4 aromatic rings. The van der Waals surface area contributed by atoms with E-state index in [9.17, 15) is 13.5 Å². The lowest BCUT2D eigenvalue weighted by molar-refractivity contribution is 0.398. The number of phenols is 1. The predicted molar refractivity (Wildman–Crippen MR) is 112 cm³/mol. The Hall–Kier alpha value is -3.14. The molecule has 0 aliphatic heterocycles. The summed E-state index contributed by atoms with van der Waals surface area (Å²) in [5, 5.41) is 18.6. The van der Waals surface area contributed by atoms with E-state index in [0.29, 0.717) is 21.9 Å². The van der Waals surface area contributed by atoms with Crippen molar-refractivity contribution in [2.45, 2.75) is 4.90 Å². The third-order valence-electron chi connectivity index (χ3n) is 4.14. The number of nitrogens with zero attached hydrogens (tertiary/aromatic N) is 3. The van der Waals surface area contributed by atoms with E-state index in [0.717, 1.165) is 17.4 Å². The molecule has 9 heteroatoms. The summed E-state index contributed by atoms with van der Waals surface area (Å²) in [4.78, 5) is 4.55. The van der Waals surface area contributed by atoms with E-state index in [1.165, 1.54) is 17.4 Å². The van der Waals surface area contributed by atoms with Gasteiger partial charge in [-0.1, -0.05) is 18.2 Å². The molecule has 1 heterocycles. The first-order valence-corrected chi connectivity index (χ1v) is 10.7. The standard InChI is InChI=1S/C20H15N3O4S2/c1-27-29(25,26)18-8-4-7-17-19(18)21-20(28-17)13-9-11-14(12-10-13)22-23-15-5-2-3-6-16(15)24/h2-12,24H,1H3/b23-22+. The summed E-state index contributed by atoms with van der Waals surface area (Å²) >= 11 is 1.39. The van der Waals surface area contributed by atoms with E-state index < -0.39 is 10.1 Å². The average Bonchev–Trinajstić information content (AvgIpc) is 3.18. The Morgan fingerprint density at radius 3 is 2.45 bits per heavy atom. The fourth-order valence-corrected chi connectivity index (χ4v) is 4.55. The Morgan fingerprint density at radius 1 is 0.966 bits per heavy atom. The van der Waals surface area contributed by atoms with Crippen LogP contribution in [0.15, 0.2) is 81.9 Å². The molecule has 0 atom stereocenters. The number of para-hydroxylation sites is 2. The second-order valence-corrected chi connectivity index (χ2v) is 8.69. The van der Waals surface area contributed by atoms with Crippen LogP contribution in [0.5, 0.6) is 5.75 Å². The fraction of sp³-hybridized carbons (Fsp3) is 0.0500. The minimum atomic E-state index is -3.84. The highest BCUT2D eigenvalue weighted by molar-refractivity contribution is 7.87. The molecule has 0 saturated carbocycles. The van der Waals surface area contributed by atoms with Crippen molar-refractivity contribution in [1.29, 1.82) is 0 Å². The number of aromatic hydroxyl groups is 1. The van der Waals surface area contributed by atoms with Gasteiger partial charge in [0.15, 0.2) is 0 Å². The number of fused-ring (bicyclic) bond motifs is 1. The van der Waals surface area contributed by atoms with E-state index in [4.69, 9.17) is 0 Å². The number of hydrogen-bond donors (Lipinski definition) is 1. The van der Waals surface area contributed by atoms with Gasteiger partial charge in [0, 0.05) is 5.56 Å². The van der Waals surface area contributed by atoms with Crippen molar-refractivity contribution in [3.05, 3.63) is 66.7 Å². The molecule has 146 valence electrons. The predicted octanol–water partition coefficient (Wildman–Crippen LogP) is 5.42. The molecule has 0 fully saturated rings. The number of phenolic OH excluding ortho intramolecular Hbond substituents is 1. The Balaban J connectivity index is 1.65. The number of thiazole rings is 1. The van der Waals surface area contributed by atoms with Gasteiger partial charge in [-0.2, -0.15) is 13.5 Å². The molecule has 0 radical (unpaired) electrons. The van der Waals surface area contributed by atoms with Gasteiger partial charge in [-0.25, -0.2) is 4.98 Å². The molecule has 0 spiro atoms. The minimum absolute atomic E-state index is 0.0492. The van der Waals surface area contributed by atoms with E-state index in [2.05, 4.69) is 19.4 Å². The average molecular weight is 425 g/mol. The van der Waals surface area contributed by atoms with E-state index in [1.807, 2.05) is 18.2 Å². The zero-order chi connectivity index (χ0) is 20.4. The molecule has 1 N–H and O–H groups in total. The summed E-state index contributed by atoms with van der Waals surface area (Å²) in [5.41, 5.74) is 2.21. The quantitative estimate of drug-likeness (QED) is 0.340. The third-order valence-corrected chi connectivity index (χ3v) is 6.52. The van der Waals surface area contributed by atoms with Gasteiger partial charge in [0.25, 0.3) is 10.1 Å². The maximum absolute atomic E-state index is 12.1. The monoisotopic (exact) mass is 425 g/mol. The highest BCUT2D eigenvalue weighted by Crippen LogP contribution is 2.34. The summed E-state index contributed by atoms with van der Waals surface area (Å²) in [6.45, 7) is 0. The number of rotatable bonds is 5. The van der Waals surface area contributed by atoms with Gasteiger partial charge in [0.05, 0.1) is 17.5 Å².